The lowest BCUT2D eigenvalue weighted by molar-refractivity contribution is 0.0285. The van der Waals surface area contributed by atoms with Gasteiger partial charge in [-0.05, 0) is 33.3 Å². The van der Waals surface area contributed by atoms with Crippen LogP contribution in [-0.2, 0) is 4.74 Å². The van der Waals surface area contributed by atoms with E-state index >= 15 is 0 Å². The summed E-state index contributed by atoms with van der Waals surface area (Å²) in [6.07, 6.45) is 3.27. The number of hydrogen-bond acceptors (Lipinski definition) is 6. The summed E-state index contributed by atoms with van der Waals surface area (Å²) in [6.45, 7) is 7.26. The van der Waals surface area contributed by atoms with Gasteiger partial charge in [0, 0.05) is 24.6 Å². The molecule has 0 aromatic carbocycles. The molecule has 1 saturated heterocycles. The topological polar surface area (TPSA) is 84.2 Å². The zero-order valence-electron chi connectivity index (χ0n) is 14.0. The maximum absolute atomic E-state index is 12.0. The third kappa shape index (κ3) is 5.26. The molecule has 1 amide bonds. The van der Waals surface area contributed by atoms with Crippen LogP contribution in [0, 0.1) is 5.92 Å². The Morgan fingerprint density at radius 2 is 2.33 bits per heavy atom. The van der Waals surface area contributed by atoms with Crippen LogP contribution in [0.15, 0.2) is 17.4 Å². The minimum Gasteiger partial charge on any atom is -0.492 e. The third-order valence-corrected chi connectivity index (χ3v) is 3.78. The summed E-state index contributed by atoms with van der Waals surface area (Å²) in [4.78, 5) is 17.7. The maximum Gasteiger partial charge on any atom is 0.410 e. The summed E-state index contributed by atoms with van der Waals surface area (Å²) >= 11 is 5.88. The van der Waals surface area contributed by atoms with Crippen LogP contribution in [0.1, 0.15) is 32.8 Å². The smallest absolute Gasteiger partial charge is 0.410 e. The Balaban J connectivity index is 1.86. The van der Waals surface area contributed by atoms with Crippen molar-refractivity contribution in [1.82, 2.24) is 9.88 Å². The molecule has 8 heteroatoms. The van der Waals surface area contributed by atoms with E-state index in [1.807, 2.05) is 20.8 Å². The van der Waals surface area contributed by atoms with Crippen molar-refractivity contribution in [2.75, 3.05) is 19.7 Å². The molecule has 0 radical (unpaired) electrons. The van der Waals surface area contributed by atoms with Crippen LogP contribution < -0.4 is 4.74 Å². The fourth-order valence-corrected chi connectivity index (χ4v) is 2.50. The molecule has 0 spiro atoms. The van der Waals surface area contributed by atoms with Crippen molar-refractivity contribution in [1.29, 1.82) is 0 Å². The Kier molecular flexibility index (Phi) is 5.88. The molecule has 0 bridgehead atoms. The molecular formula is C16H22ClN3O4. The van der Waals surface area contributed by atoms with Crippen molar-refractivity contribution in [2.24, 2.45) is 11.1 Å². The summed E-state index contributed by atoms with van der Waals surface area (Å²) in [5, 5.41) is 11.8. The van der Waals surface area contributed by atoms with Gasteiger partial charge in [0.15, 0.2) is 0 Å². The number of carbonyl (C=O) groups excluding carboxylic acids is 1. The van der Waals surface area contributed by atoms with Gasteiger partial charge in [-0.25, -0.2) is 9.78 Å². The van der Waals surface area contributed by atoms with Gasteiger partial charge in [-0.2, -0.15) is 0 Å². The molecule has 1 aromatic rings. The second kappa shape index (κ2) is 7.70. The zero-order chi connectivity index (χ0) is 17.7. The lowest BCUT2D eigenvalue weighted by Gasteiger charge is -2.24. The van der Waals surface area contributed by atoms with Crippen LogP contribution in [-0.4, -0.2) is 52.7 Å². The summed E-state index contributed by atoms with van der Waals surface area (Å²) in [5.74, 6) is 0.758. The highest BCUT2D eigenvalue weighted by Gasteiger charge is 2.30. The molecule has 7 nitrogen and oxygen atoms in total. The number of pyridine rings is 1. The summed E-state index contributed by atoms with van der Waals surface area (Å²) in [7, 11) is 0. The Bertz CT molecular complexity index is 616. The number of amides is 1. The Morgan fingerprint density at radius 3 is 3.00 bits per heavy atom. The quantitative estimate of drug-likeness (QED) is 0.388. The van der Waals surface area contributed by atoms with Crippen LogP contribution in [0.5, 0.6) is 5.75 Å². The van der Waals surface area contributed by atoms with Gasteiger partial charge in [-0.1, -0.05) is 16.8 Å². The van der Waals surface area contributed by atoms with E-state index in [0.717, 1.165) is 6.42 Å². The average Bonchev–Trinajstić information content (AvgIpc) is 2.96. The molecule has 132 valence electrons. The first-order valence-corrected chi connectivity index (χ1v) is 8.10. The number of oxime groups is 1. The van der Waals surface area contributed by atoms with Gasteiger partial charge >= 0.3 is 6.09 Å². The van der Waals surface area contributed by atoms with Crippen LogP contribution in [0.4, 0.5) is 4.79 Å². The molecule has 24 heavy (non-hydrogen) atoms. The van der Waals surface area contributed by atoms with E-state index in [1.54, 1.807) is 11.0 Å². The number of nitrogens with zero attached hydrogens (tertiary/aromatic N) is 3. The first kappa shape index (κ1) is 18.3. The van der Waals surface area contributed by atoms with Gasteiger partial charge in [0.25, 0.3) is 0 Å². The van der Waals surface area contributed by atoms with Crippen LogP contribution >= 0.6 is 11.6 Å². The van der Waals surface area contributed by atoms with Crippen molar-refractivity contribution in [3.8, 4) is 5.75 Å². The Labute approximate surface area is 146 Å². The molecule has 2 rings (SSSR count). The highest BCUT2D eigenvalue weighted by molar-refractivity contribution is 6.31. The van der Waals surface area contributed by atoms with Crippen molar-refractivity contribution in [3.05, 3.63) is 23.0 Å². The zero-order valence-corrected chi connectivity index (χ0v) is 14.8. The van der Waals surface area contributed by atoms with Crippen LogP contribution in [0.25, 0.3) is 0 Å². The summed E-state index contributed by atoms with van der Waals surface area (Å²) in [5.41, 5.74) is -0.0239. The van der Waals surface area contributed by atoms with E-state index in [-0.39, 0.29) is 17.2 Å². The number of likely N-dealkylation sites (tertiary alicyclic amines) is 1. The first-order valence-electron chi connectivity index (χ1n) is 7.72. The van der Waals surface area contributed by atoms with E-state index < -0.39 is 5.60 Å². The maximum atomic E-state index is 12.0. The minimum atomic E-state index is -0.495. The van der Waals surface area contributed by atoms with E-state index in [1.165, 1.54) is 12.4 Å². The van der Waals surface area contributed by atoms with E-state index in [4.69, 9.17) is 26.3 Å². The summed E-state index contributed by atoms with van der Waals surface area (Å²) < 4.78 is 11.1. The number of carbonyl (C=O) groups is 1. The molecule has 1 aromatic heterocycles. The standard InChI is InChI=1S/C16H22ClN3O4/c1-16(2,3)24-15(21)20-5-4-11(9-20)10-23-13-6-12(7-19-22)14(17)18-8-13/h6-8,11,22H,4-5,9-10H2,1-3H3/b19-7-/t11-/m1/s1. The molecule has 1 fully saturated rings. The number of halogens is 1. The molecule has 2 heterocycles. The molecule has 1 aliphatic rings. The largest absolute Gasteiger partial charge is 0.492 e. The average molecular weight is 356 g/mol. The molecule has 1 aliphatic heterocycles. The highest BCUT2D eigenvalue weighted by Crippen LogP contribution is 2.22. The van der Waals surface area contributed by atoms with Crippen LogP contribution in [0.2, 0.25) is 5.15 Å². The predicted octanol–water partition coefficient (Wildman–Crippen LogP) is 3.18. The number of aromatic nitrogens is 1. The van der Waals surface area contributed by atoms with Gasteiger partial charge < -0.3 is 19.6 Å². The van der Waals surface area contributed by atoms with E-state index in [2.05, 4.69) is 10.1 Å². The number of ether oxygens (including phenoxy) is 2. The minimum absolute atomic E-state index is 0.225. The lowest BCUT2D eigenvalue weighted by atomic mass is 10.1. The van der Waals surface area contributed by atoms with Crippen molar-refractivity contribution in [2.45, 2.75) is 32.8 Å². The molecule has 0 aliphatic carbocycles. The SMILES string of the molecule is CC(C)(C)OC(=O)N1CC[C@@H](COc2cnc(Cl)c(/C=N\O)c2)C1. The first-order chi connectivity index (χ1) is 11.3. The monoisotopic (exact) mass is 355 g/mol. The van der Waals surface area contributed by atoms with E-state index in [9.17, 15) is 4.79 Å². The fourth-order valence-electron chi connectivity index (χ4n) is 2.35. The van der Waals surface area contributed by atoms with Gasteiger partial charge in [0.1, 0.15) is 16.5 Å². The second-order valence-electron chi connectivity index (χ2n) is 6.69. The third-order valence-electron chi connectivity index (χ3n) is 3.46. The molecular weight excluding hydrogens is 334 g/mol. The fraction of sp³-hybridized carbons (Fsp3) is 0.562. The van der Waals surface area contributed by atoms with Crippen molar-refractivity contribution < 1.29 is 19.5 Å². The molecule has 1 N–H and O–H groups in total. The van der Waals surface area contributed by atoms with Crippen molar-refractivity contribution >= 4 is 23.9 Å². The molecule has 1 atom stereocenters. The van der Waals surface area contributed by atoms with Crippen molar-refractivity contribution in [3.63, 3.8) is 0 Å². The number of rotatable bonds is 4. The Hall–Kier alpha value is -2.02. The lowest BCUT2D eigenvalue weighted by Crippen LogP contribution is -2.35. The van der Waals surface area contributed by atoms with Gasteiger partial charge in [-0.3, -0.25) is 0 Å². The predicted molar refractivity (Wildman–Crippen MR) is 90.0 cm³/mol. The van der Waals surface area contributed by atoms with Gasteiger partial charge in [0.05, 0.1) is 19.0 Å². The summed E-state index contributed by atoms with van der Waals surface area (Å²) in [6, 6.07) is 1.65. The highest BCUT2D eigenvalue weighted by atomic mass is 35.5. The van der Waals surface area contributed by atoms with E-state index in [0.29, 0.717) is 31.0 Å². The van der Waals surface area contributed by atoms with Gasteiger partial charge in [-0.15, -0.1) is 0 Å². The van der Waals surface area contributed by atoms with Gasteiger partial charge in [0.2, 0.25) is 0 Å². The second-order valence-corrected chi connectivity index (χ2v) is 7.05. The number of hydrogen-bond donors (Lipinski definition) is 1. The van der Waals surface area contributed by atoms with Crippen LogP contribution in [0.3, 0.4) is 0 Å². The molecule has 0 saturated carbocycles. The molecule has 0 unspecified atom stereocenters. The normalized spacial score (nSPS) is 18.2. The Morgan fingerprint density at radius 1 is 1.58 bits per heavy atom.